The average molecular weight is 615 g/mol. The van der Waals surface area contributed by atoms with E-state index in [1.165, 1.54) is 6.08 Å². The quantitative estimate of drug-likeness (QED) is 0.336. The van der Waals surface area contributed by atoms with Crippen LogP contribution in [0, 0.1) is 6.92 Å². The highest BCUT2D eigenvalue weighted by molar-refractivity contribution is 6.45. The molecule has 1 N–H and O–H groups in total. The minimum atomic E-state index is -0.151. The molecular formula is C31H41Cl2N7O2. The van der Waals surface area contributed by atoms with Crippen LogP contribution in [-0.4, -0.2) is 92.7 Å². The van der Waals surface area contributed by atoms with Gasteiger partial charge in [0.1, 0.15) is 0 Å². The number of ether oxygens (including phenoxy) is 1. The van der Waals surface area contributed by atoms with Crippen LogP contribution in [0.5, 0.6) is 0 Å². The van der Waals surface area contributed by atoms with Crippen molar-refractivity contribution in [1.29, 1.82) is 0 Å². The van der Waals surface area contributed by atoms with E-state index in [-0.39, 0.29) is 17.5 Å². The Morgan fingerprint density at radius 3 is 2.55 bits per heavy atom. The number of halogens is 2. The highest BCUT2D eigenvalue weighted by Gasteiger charge is 2.42. The van der Waals surface area contributed by atoms with Gasteiger partial charge in [0.05, 0.1) is 47.1 Å². The van der Waals surface area contributed by atoms with Crippen molar-refractivity contribution in [3.63, 3.8) is 0 Å². The molecule has 226 valence electrons. The second-order valence-electron chi connectivity index (χ2n) is 12.5. The number of hydrogen-bond acceptors (Lipinski definition) is 6. The minimum Gasteiger partial charge on any atom is -0.378 e. The summed E-state index contributed by atoms with van der Waals surface area (Å²) in [5.74, 6) is 0.918. The van der Waals surface area contributed by atoms with Crippen molar-refractivity contribution in [2.24, 2.45) is 0 Å². The van der Waals surface area contributed by atoms with Crippen molar-refractivity contribution in [3.05, 3.63) is 40.7 Å². The van der Waals surface area contributed by atoms with Gasteiger partial charge in [0.2, 0.25) is 5.91 Å². The minimum absolute atomic E-state index is 0.0146. The van der Waals surface area contributed by atoms with Crippen LogP contribution >= 0.6 is 23.2 Å². The van der Waals surface area contributed by atoms with Crippen molar-refractivity contribution in [2.75, 3.05) is 44.3 Å². The number of piperidine rings is 2. The smallest absolute Gasteiger partial charge is 0.245 e. The van der Waals surface area contributed by atoms with Crippen LogP contribution < -0.4 is 4.90 Å². The van der Waals surface area contributed by atoms with Gasteiger partial charge in [0.25, 0.3) is 0 Å². The fourth-order valence-corrected chi connectivity index (χ4v) is 7.81. The second-order valence-corrected chi connectivity index (χ2v) is 13.3. The van der Waals surface area contributed by atoms with Crippen molar-refractivity contribution < 1.29 is 9.53 Å². The summed E-state index contributed by atoms with van der Waals surface area (Å²) >= 11 is 13.7. The predicted molar refractivity (Wildman–Crippen MR) is 169 cm³/mol. The first kappa shape index (κ1) is 29.5. The number of likely N-dealkylation sites (tertiary alicyclic amines) is 1. The molecule has 11 heteroatoms. The number of nitrogens with one attached hydrogen (secondary N) is 1. The third kappa shape index (κ3) is 5.02. The fraction of sp³-hybridized carbons (Fsp3) is 0.581. The molecule has 1 atom stereocenters. The van der Waals surface area contributed by atoms with Crippen LogP contribution in [0.1, 0.15) is 58.2 Å². The van der Waals surface area contributed by atoms with Gasteiger partial charge in [0, 0.05) is 53.4 Å². The molecule has 3 aliphatic rings. The second kappa shape index (κ2) is 11.5. The maximum absolute atomic E-state index is 12.3. The molecule has 0 spiro atoms. The fourth-order valence-electron chi connectivity index (χ4n) is 7.35. The van der Waals surface area contributed by atoms with Gasteiger partial charge in [0.15, 0.2) is 5.82 Å². The molecule has 0 saturated carbocycles. The van der Waals surface area contributed by atoms with Crippen LogP contribution in [-0.2, 0) is 9.53 Å². The van der Waals surface area contributed by atoms with Crippen molar-refractivity contribution in [3.8, 4) is 11.1 Å². The Kier molecular flexibility index (Phi) is 8.06. The first-order valence-electron chi connectivity index (χ1n) is 15.1. The highest BCUT2D eigenvalue weighted by Crippen LogP contribution is 2.48. The number of H-pyrrole nitrogens is 1. The number of fused-ring (bicyclic) bond motifs is 1. The summed E-state index contributed by atoms with van der Waals surface area (Å²) in [5.41, 5.74) is 3.61. The summed E-state index contributed by atoms with van der Waals surface area (Å²) in [7, 11) is 0. The number of rotatable bonds is 7. The lowest BCUT2D eigenvalue weighted by Crippen LogP contribution is -2.60. The van der Waals surface area contributed by atoms with Gasteiger partial charge in [-0.1, -0.05) is 36.7 Å². The van der Waals surface area contributed by atoms with E-state index in [9.17, 15) is 4.79 Å². The normalized spacial score (nSPS) is 21.7. The lowest BCUT2D eigenvalue weighted by Gasteiger charge is -2.51. The number of hydrogen-bond donors (Lipinski definition) is 1. The van der Waals surface area contributed by atoms with E-state index in [1.807, 2.05) is 17.2 Å². The molecule has 1 amide bonds. The Labute approximate surface area is 257 Å². The molecular weight excluding hydrogens is 573 g/mol. The molecule has 2 aromatic heterocycles. The Bertz CT molecular complexity index is 1490. The number of carbonyl (C=O) groups is 1. The Balaban J connectivity index is 1.42. The molecule has 42 heavy (non-hydrogen) atoms. The zero-order valence-corrected chi connectivity index (χ0v) is 26.5. The third-order valence-corrected chi connectivity index (χ3v) is 10.4. The van der Waals surface area contributed by atoms with E-state index in [0.717, 1.165) is 85.5 Å². The summed E-state index contributed by atoms with van der Waals surface area (Å²) in [4.78, 5) is 19.2. The maximum atomic E-state index is 12.3. The van der Waals surface area contributed by atoms with Crippen molar-refractivity contribution in [1.82, 2.24) is 29.8 Å². The van der Waals surface area contributed by atoms with E-state index >= 15 is 0 Å². The summed E-state index contributed by atoms with van der Waals surface area (Å²) in [6.45, 7) is 17.6. The zero-order valence-electron chi connectivity index (χ0n) is 25.0. The van der Waals surface area contributed by atoms with Gasteiger partial charge in [-0.2, -0.15) is 10.2 Å². The topological polar surface area (TPSA) is 82.5 Å². The molecule has 1 aromatic carbocycles. The maximum Gasteiger partial charge on any atom is 0.245 e. The number of benzene rings is 1. The average Bonchev–Trinajstić information content (AvgIpc) is 3.54. The van der Waals surface area contributed by atoms with E-state index < -0.39 is 0 Å². The number of nitrogens with zero attached hydrogens (tertiary/aromatic N) is 6. The summed E-state index contributed by atoms with van der Waals surface area (Å²) in [6.07, 6.45) is 6.94. The van der Waals surface area contributed by atoms with Crippen molar-refractivity contribution >= 4 is 45.8 Å². The Morgan fingerprint density at radius 2 is 1.93 bits per heavy atom. The van der Waals surface area contributed by atoms with Crippen LogP contribution in [0.25, 0.3) is 22.0 Å². The lowest BCUT2D eigenvalue weighted by atomic mass is 9.84. The molecule has 3 aliphatic heterocycles. The lowest BCUT2D eigenvalue weighted by molar-refractivity contribution is -0.127. The molecule has 3 fully saturated rings. The Hall–Kier alpha value is -2.59. The molecule has 3 aromatic rings. The summed E-state index contributed by atoms with van der Waals surface area (Å²) in [6, 6.07) is 3.00. The molecule has 9 nitrogen and oxygen atoms in total. The number of likely N-dealkylation sites (N-methyl/N-ethyl adjacent to an activating group) is 1. The van der Waals surface area contributed by atoms with Gasteiger partial charge in [-0.05, 0) is 65.1 Å². The number of anilines is 1. The molecule has 0 radical (unpaired) electrons. The molecule has 0 aliphatic carbocycles. The molecule has 5 heterocycles. The summed E-state index contributed by atoms with van der Waals surface area (Å²) < 4.78 is 7.72. The predicted octanol–water partition coefficient (Wildman–Crippen LogP) is 5.86. The molecule has 0 bridgehead atoms. The van der Waals surface area contributed by atoms with Gasteiger partial charge >= 0.3 is 0 Å². The van der Waals surface area contributed by atoms with Gasteiger partial charge in [-0.3, -0.25) is 19.5 Å². The standard InChI is InChI=1S/C31H41Cl2N7O2/c1-6-26(41)37-11-8-20(9-12-37)40-19(3)27(28-23-16-34-35-25(23)14-24(32)29(28)33)30(36-40)39-13-10-21(15-31(39,4)5)38(7-2)22-17-42-18-22/h6,14,16,20-22H,1,7-13,15,17-18H2,2-5H3,(H,34,35). The molecule has 1 unspecified atom stereocenters. The number of aromatic amines is 1. The first-order chi connectivity index (χ1) is 20.1. The monoisotopic (exact) mass is 613 g/mol. The van der Waals surface area contributed by atoms with Crippen LogP contribution in [0.2, 0.25) is 10.0 Å². The SMILES string of the molecule is C=CC(=O)N1CCC(n2nc(N3CCC(N(CC)C4COC4)CC3(C)C)c(-c3c(Cl)c(Cl)cc4[nH]ncc34)c2C)CC1. The first-order valence-corrected chi connectivity index (χ1v) is 15.8. The van der Waals surface area contributed by atoms with E-state index in [1.54, 1.807) is 0 Å². The highest BCUT2D eigenvalue weighted by atomic mass is 35.5. The van der Waals surface area contributed by atoms with Gasteiger partial charge in [-0.25, -0.2) is 0 Å². The van der Waals surface area contributed by atoms with E-state index in [2.05, 4.69) is 59.0 Å². The largest absolute Gasteiger partial charge is 0.378 e. The number of carbonyl (C=O) groups excluding carboxylic acids is 1. The van der Waals surface area contributed by atoms with E-state index in [4.69, 9.17) is 33.0 Å². The van der Waals surface area contributed by atoms with Crippen LogP contribution in [0.4, 0.5) is 5.82 Å². The van der Waals surface area contributed by atoms with Gasteiger partial charge in [-0.15, -0.1) is 0 Å². The zero-order chi connectivity index (χ0) is 29.8. The number of aromatic nitrogens is 4. The van der Waals surface area contributed by atoms with Crippen molar-refractivity contribution in [2.45, 2.75) is 77.0 Å². The van der Waals surface area contributed by atoms with Gasteiger partial charge < -0.3 is 14.5 Å². The van der Waals surface area contributed by atoms with Crippen LogP contribution in [0.15, 0.2) is 24.9 Å². The number of amides is 1. The van der Waals surface area contributed by atoms with E-state index in [0.29, 0.717) is 35.2 Å². The molecule has 3 saturated heterocycles. The third-order valence-electron chi connectivity index (χ3n) is 9.65. The summed E-state index contributed by atoms with van der Waals surface area (Å²) in [5, 5.41) is 14.7. The van der Waals surface area contributed by atoms with Crippen LogP contribution in [0.3, 0.4) is 0 Å². The Morgan fingerprint density at radius 1 is 1.19 bits per heavy atom. The molecule has 6 rings (SSSR count).